The minimum atomic E-state index is -1.31. The van der Waals surface area contributed by atoms with Gasteiger partial charge in [0.2, 0.25) is 0 Å². The van der Waals surface area contributed by atoms with Crippen LogP contribution in [0.3, 0.4) is 0 Å². The highest BCUT2D eigenvalue weighted by Crippen LogP contribution is 2.53. The molecule has 3 aliphatic carbocycles. The molecule has 2 atom stereocenters. The third-order valence-electron chi connectivity index (χ3n) is 6.97. The Morgan fingerprint density at radius 1 is 0.667 bits per heavy atom. The third kappa shape index (κ3) is 3.22. The van der Waals surface area contributed by atoms with Crippen LogP contribution in [0.1, 0.15) is 38.5 Å². The maximum Gasteiger partial charge on any atom is 0.323 e. The highest BCUT2D eigenvalue weighted by Gasteiger charge is 2.56. The predicted octanol–water partition coefficient (Wildman–Crippen LogP) is 2.12. The van der Waals surface area contributed by atoms with Crippen LogP contribution in [0.15, 0.2) is 23.3 Å². The Labute approximate surface area is 175 Å². The van der Waals surface area contributed by atoms with Gasteiger partial charge in [-0.2, -0.15) is 0 Å². The zero-order chi connectivity index (χ0) is 22.1. The number of ether oxygens (including phenoxy) is 4. The quantitative estimate of drug-likeness (QED) is 0.295. The molecule has 3 rings (SSSR count). The van der Waals surface area contributed by atoms with Crippen molar-refractivity contribution < 1.29 is 38.1 Å². The smallest absolute Gasteiger partial charge is 0.323 e. The second-order valence-electron chi connectivity index (χ2n) is 8.19. The topological polar surface area (TPSA) is 105 Å². The van der Waals surface area contributed by atoms with Crippen LogP contribution in [0.25, 0.3) is 0 Å². The number of hydrogen-bond donors (Lipinski definition) is 0. The summed E-state index contributed by atoms with van der Waals surface area (Å²) < 4.78 is 19.7. The first-order valence-corrected chi connectivity index (χ1v) is 10.0. The van der Waals surface area contributed by atoms with Crippen molar-refractivity contribution in [2.24, 2.45) is 22.7 Å². The van der Waals surface area contributed by atoms with Gasteiger partial charge >= 0.3 is 23.9 Å². The van der Waals surface area contributed by atoms with Crippen molar-refractivity contribution in [3.8, 4) is 0 Å². The summed E-state index contributed by atoms with van der Waals surface area (Å²) in [5, 5.41) is 0. The highest BCUT2D eigenvalue weighted by atomic mass is 16.6. The molecule has 2 saturated carbocycles. The van der Waals surface area contributed by atoms with E-state index in [1.54, 1.807) is 0 Å². The molecule has 0 heterocycles. The Balaban J connectivity index is 1.91. The number of carbonyl (C=O) groups excluding carboxylic acids is 4. The van der Waals surface area contributed by atoms with Gasteiger partial charge in [-0.25, -0.2) is 0 Å². The summed E-state index contributed by atoms with van der Waals surface area (Å²) in [7, 11) is 5.09. The fourth-order valence-electron chi connectivity index (χ4n) is 5.39. The van der Waals surface area contributed by atoms with E-state index >= 15 is 0 Å². The molecule has 0 amide bonds. The molecule has 30 heavy (non-hydrogen) atoms. The lowest BCUT2D eigenvalue weighted by molar-refractivity contribution is -0.174. The Kier molecular flexibility index (Phi) is 6.06. The number of hydrogen-bond acceptors (Lipinski definition) is 8. The van der Waals surface area contributed by atoms with Gasteiger partial charge in [-0.15, -0.1) is 0 Å². The van der Waals surface area contributed by atoms with Gasteiger partial charge in [-0.3, -0.25) is 19.2 Å². The molecule has 0 N–H and O–H groups in total. The third-order valence-corrected chi connectivity index (χ3v) is 6.97. The van der Waals surface area contributed by atoms with Gasteiger partial charge < -0.3 is 18.9 Å². The molecule has 0 aromatic carbocycles. The molecule has 3 aliphatic rings. The summed E-state index contributed by atoms with van der Waals surface area (Å²) in [5.74, 6) is -2.49. The van der Waals surface area contributed by atoms with E-state index in [1.807, 2.05) is 12.2 Å². The van der Waals surface area contributed by atoms with Crippen molar-refractivity contribution in [3.05, 3.63) is 23.3 Å². The number of rotatable bonds is 4. The summed E-state index contributed by atoms with van der Waals surface area (Å²) in [6, 6.07) is 0. The minimum absolute atomic E-state index is 0.0908. The molecule has 2 fully saturated rings. The molecule has 164 valence electrons. The molecule has 0 aromatic heterocycles. The second-order valence-corrected chi connectivity index (χ2v) is 8.19. The van der Waals surface area contributed by atoms with E-state index in [-0.39, 0.29) is 24.7 Å². The summed E-state index contributed by atoms with van der Waals surface area (Å²) in [5.41, 5.74) is -0.277. The number of carbonyl (C=O) groups is 4. The van der Waals surface area contributed by atoms with Gasteiger partial charge in [0.25, 0.3) is 0 Å². The van der Waals surface area contributed by atoms with Crippen LogP contribution in [0, 0.1) is 22.7 Å². The standard InChI is InChI=1S/C22H28O8/c1-27-17(23)21(18(24)28-2)9-7-15-13(11-21)5-6-14-12-22(19(25)29-3,20(26)30-4)10-8-16(14)15/h5-6,13-14H,7-12H2,1-4H3/t13-,14+. The first kappa shape index (κ1) is 22.1. The van der Waals surface area contributed by atoms with Crippen LogP contribution in [0.4, 0.5) is 0 Å². The second kappa shape index (κ2) is 8.24. The Bertz CT molecular complexity index is 723. The number of fused-ring (bicyclic) bond motifs is 2. The summed E-state index contributed by atoms with van der Waals surface area (Å²) in [6.07, 6.45) is 6.22. The van der Waals surface area contributed by atoms with Gasteiger partial charge in [0.15, 0.2) is 10.8 Å². The summed E-state index contributed by atoms with van der Waals surface area (Å²) in [6.45, 7) is 0. The van der Waals surface area contributed by atoms with Gasteiger partial charge in [0.05, 0.1) is 28.4 Å². The van der Waals surface area contributed by atoms with Crippen LogP contribution in [-0.2, 0) is 38.1 Å². The molecule has 0 saturated heterocycles. The molecule has 0 spiro atoms. The van der Waals surface area contributed by atoms with Crippen molar-refractivity contribution in [2.75, 3.05) is 28.4 Å². The van der Waals surface area contributed by atoms with Crippen LogP contribution in [0.5, 0.6) is 0 Å². The van der Waals surface area contributed by atoms with E-state index in [9.17, 15) is 19.2 Å². The van der Waals surface area contributed by atoms with Crippen molar-refractivity contribution in [1.29, 1.82) is 0 Å². The first-order chi connectivity index (χ1) is 14.3. The Morgan fingerprint density at radius 2 is 0.967 bits per heavy atom. The SMILES string of the molecule is COC(=O)C1(C(=O)OC)CCC2=C3CCC(C(=O)OC)(C(=O)OC)C[C@@H]3C=C[C@@H]2C1. The fraction of sp³-hybridized carbons (Fsp3) is 0.636. The molecular formula is C22H28O8. The van der Waals surface area contributed by atoms with Gasteiger partial charge in [0.1, 0.15) is 0 Å². The average molecular weight is 420 g/mol. The molecular weight excluding hydrogens is 392 g/mol. The summed E-state index contributed by atoms with van der Waals surface area (Å²) >= 11 is 0. The van der Waals surface area contributed by atoms with Crippen molar-refractivity contribution in [1.82, 2.24) is 0 Å². The predicted molar refractivity (Wildman–Crippen MR) is 104 cm³/mol. The van der Waals surface area contributed by atoms with E-state index in [0.717, 1.165) is 0 Å². The Morgan fingerprint density at radius 3 is 1.23 bits per heavy atom. The van der Waals surface area contributed by atoms with Crippen molar-refractivity contribution in [3.63, 3.8) is 0 Å². The van der Waals surface area contributed by atoms with E-state index in [2.05, 4.69) is 0 Å². The van der Waals surface area contributed by atoms with Crippen molar-refractivity contribution >= 4 is 23.9 Å². The van der Waals surface area contributed by atoms with Crippen molar-refractivity contribution in [2.45, 2.75) is 38.5 Å². The minimum Gasteiger partial charge on any atom is -0.468 e. The van der Waals surface area contributed by atoms with E-state index in [0.29, 0.717) is 25.7 Å². The van der Waals surface area contributed by atoms with Crippen LogP contribution in [0.2, 0.25) is 0 Å². The zero-order valence-electron chi connectivity index (χ0n) is 17.8. The van der Waals surface area contributed by atoms with Gasteiger partial charge in [-0.05, 0) is 50.4 Å². The van der Waals surface area contributed by atoms with Gasteiger partial charge in [-0.1, -0.05) is 23.3 Å². The van der Waals surface area contributed by atoms with E-state index < -0.39 is 34.7 Å². The Hall–Kier alpha value is -2.64. The largest absolute Gasteiger partial charge is 0.468 e. The van der Waals surface area contributed by atoms with Crippen LogP contribution < -0.4 is 0 Å². The highest BCUT2D eigenvalue weighted by molar-refractivity contribution is 6.01. The van der Waals surface area contributed by atoms with Gasteiger partial charge in [0, 0.05) is 0 Å². The lowest BCUT2D eigenvalue weighted by atomic mass is 9.59. The van der Waals surface area contributed by atoms with E-state index in [1.165, 1.54) is 39.6 Å². The molecule has 0 radical (unpaired) electrons. The molecule has 0 aromatic rings. The molecule has 8 heteroatoms. The number of methoxy groups -OCH3 is 4. The van der Waals surface area contributed by atoms with E-state index in [4.69, 9.17) is 18.9 Å². The number of esters is 4. The number of allylic oxidation sites excluding steroid dienone is 4. The average Bonchev–Trinajstić information content (AvgIpc) is 2.80. The lowest BCUT2D eigenvalue weighted by Crippen LogP contribution is -2.48. The molecule has 0 unspecified atom stereocenters. The molecule has 0 bridgehead atoms. The monoisotopic (exact) mass is 420 g/mol. The molecule has 8 nitrogen and oxygen atoms in total. The van der Waals surface area contributed by atoms with Crippen LogP contribution in [-0.4, -0.2) is 52.3 Å². The van der Waals surface area contributed by atoms with Crippen LogP contribution >= 0.6 is 0 Å². The zero-order valence-corrected chi connectivity index (χ0v) is 17.8. The summed E-state index contributed by atoms with van der Waals surface area (Å²) in [4.78, 5) is 49.9. The first-order valence-electron chi connectivity index (χ1n) is 10.0. The lowest BCUT2D eigenvalue weighted by Gasteiger charge is -2.44. The normalized spacial score (nSPS) is 26.0. The maximum atomic E-state index is 12.5. The maximum absolute atomic E-state index is 12.5. The fourth-order valence-corrected chi connectivity index (χ4v) is 5.39. The molecule has 0 aliphatic heterocycles.